The Balaban J connectivity index is 1.94. The summed E-state index contributed by atoms with van der Waals surface area (Å²) in [5.74, 6) is -1.50. The summed E-state index contributed by atoms with van der Waals surface area (Å²) in [4.78, 5) is 38.8. The average molecular weight is 336 g/mol. The van der Waals surface area contributed by atoms with Crippen LogP contribution in [0.1, 0.15) is 34.8 Å². The molecule has 0 aromatic heterocycles. The minimum atomic E-state index is -0.737. The maximum absolute atomic E-state index is 12.9. The first-order valence-corrected chi connectivity index (χ1v) is 8.29. The Hall–Kier alpha value is -2.95. The molecular weight excluding hydrogens is 316 g/mol. The minimum absolute atomic E-state index is 0.294. The molecule has 2 aromatic rings. The number of nitrogens with one attached hydrogen (secondary N) is 1. The number of anilines is 2. The van der Waals surface area contributed by atoms with E-state index in [2.05, 4.69) is 5.32 Å². The summed E-state index contributed by atoms with van der Waals surface area (Å²) in [7, 11) is 0. The third kappa shape index (κ3) is 2.82. The van der Waals surface area contributed by atoms with Crippen LogP contribution in [0.4, 0.5) is 11.4 Å². The number of Topliss-reactive ketones (excluding diaryl/α,β-unsaturated/α-hetero) is 1. The molecule has 2 amide bonds. The highest BCUT2D eigenvalue weighted by Gasteiger charge is 2.41. The van der Waals surface area contributed by atoms with E-state index in [1.165, 1.54) is 4.90 Å². The zero-order valence-corrected chi connectivity index (χ0v) is 14.5. The number of rotatable bonds is 4. The number of carbonyl (C=O) groups is 3. The van der Waals surface area contributed by atoms with E-state index >= 15 is 0 Å². The van der Waals surface area contributed by atoms with Crippen molar-refractivity contribution in [2.24, 2.45) is 0 Å². The third-order valence-corrected chi connectivity index (χ3v) is 4.55. The molecule has 1 unspecified atom stereocenters. The van der Waals surface area contributed by atoms with Crippen molar-refractivity contribution >= 4 is 29.0 Å². The molecule has 1 aliphatic rings. The van der Waals surface area contributed by atoms with Gasteiger partial charge in [-0.05, 0) is 43.5 Å². The van der Waals surface area contributed by atoms with E-state index in [0.717, 1.165) is 16.8 Å². The Bertz CT molecular complexity index is 853. The van der Waals surface area contributed by atoms with Crippen LogP contribution in [0.3, 0.4) is 0 Å². The topological polar surface area (TPSA) is 66.5 Å². The fourth-order valence-corrected chi connectivity index (χ4v) is 3.22. The first-order valence-electron chi connectivity index (χ1n) is 8.29. The van der Waals surface area contributed by atoms with Gasteiger partial charge in [-0.25, -0.2) is 0 Å². The van der Waals surface area contributed by atoms with Crippen LogP contribution in [0, 0.1) is 13.8 Å². The van der Waals surface area contributed by atoms with Gasteiger partial charge in [0.1, 0.15) is 6.04 Å². The molecule has 1 N–H and O–H groups in total. The minimum Gasteiger partial charge on any atom is -0.324 e. The summed E-state index contributed by atoms with van der Waals surface area (Å²) in [5, 5.41) is 2.93. The maximum atomic E-state index is 12.9. The number of aryl methyl sites for hydroxylation is 2. The second kappa shape index (κ2) is 6.51. The van der Waals surface area contributed by atoms with Crippen molar-refractivity contribution in [3.8, 4) is 0 Å². The Morgan fingerprint density at radius 1 is 1.04 bits per heavy atom. The van der Waals surface area contributed by atoms with E-state index in [-0.39, 0.29) is 5.91 Å². The van der Waals surface area contributed by atoms with Crippen LogP contribution in [0.2, 0.25) is 0 Å². The maximum Gasteiger partial charge on any atom is 0.300 e. The molecule has 1 heterocycles. The molecule has 0 saturated carbocycles. The Morgan fingerprint density at radius 2 is 1.68 bits per heavy atom. The second-order valence-electron chi connectivity index (χ2n) is 6.20. The number of fused-ring (bicyclic) bond motifs is 1. The number of para-hydroxylation sites is 2. The van der Waals surface area contributed by atoms with Gasteiger partial charge in [0.25, 0.3) is 11.7 Å². The molecule has 25 heavy (non-hydrogen) atoms. The highest BCUT2D eigenvalue weighted by molar-refractivity contribution is 6.52. The van der Waals surface area contributed by atoms with Gasteiger partial charge in [-0.2, -0.15) is 0 Å². The number of benzene rings is 2. The fourth-order valence-electron chi connectivity index (χ4n) is 3.22. The first-order chi connectivity index (χ1) is 12.0. The van der Waals surface area contributed by atoms with Crippen LogP contribution < -0.4 is 10.2 Å². The lowest BCUT2D eigenvalue weighted by Gasteiger charge is -2.26. The number of hydrogen-bond donors (Lipinski definition) is 1. The van der Waals surface area contributed by atoms with Crippen molar-refractivity contribution in [3.05, 3.63) is 59.2 Å². The van der Waals surface area contributed by atoms with Crippen LogP contribution in [-0.4, -0.2) is 23.6 Å². The number of nitrogens with zero attached hydrogens (tertiary/aromatic N) is 1. The van der Waals surface area contributed by atoms with Crippen molar-refractivity contribution in [3.63, 3.8) is 0 Å². The van der Waals surface area contributed by atoms with Crippen molar-refractivity contribution in [2.45, 2.75) is 33.2 Å². The molecule has 5 heteroatoms. The van der Waals surface area contributed by atoms with Gasteiger partial charge in [0.05, 0.1) is 11.3 Å². The van der Waals surface area contributed by atoms with E-state index in [4.69, 9.17) is 0 Å². The van der Waals surface area contributed by atoms with Crippen LogP contribution in [0.5, 0.6) is 0 Å². The zero-order chi connectivity index (χ0) is 18.1. The lowest BCUT2D eigenvalue weighted by molar-refractivity contribution is -0.121. The summed E-state index contributed by atoms with van der Waals surface area (Å²) in [6, 6.07) is 11.8. The van der Waals surface area contributed by atoms with Gasteiger partial charge in [0.15, 0.2) is 0 Å². The van der Waals surface area contributed by atoms with Gasteiger partial charge in [-0.15, -0.1) is 0 Å². The molecule has 0 spiro atoms. The smallest absolute Gasteiger partial charge is 0.300 e. The molecule has 3 rings (SSSR count). The molecular formula is C20H20N2O3. The molecule has 0 saturated heterocycles. The number of ketones is 1. The Morgan fingerprint density at radius 3 is 2.32 bits per heavy atom. The average Bonchev–Trinajstić information content (AvgIpc) is 2.85. The van der Waals surface area contributed by atoms with Crippen LogP contribution >= 0.6 is 0 Å². The number of amides is 2. The van der Waals surface area contributed by atoms with Gasteiger partial charge in [0.2, 0.25) is 5.91 Å². The van der Waals surface area contributed by atoms with Crippen LogP contribution in [0.25, 0.3) is 0 Å². The number of hydrogen-bond acceptors (Lipinski definition) is 3. The van der Waals surface area contributed by atoms with E-state index in [0.29, 0.717) is 17.7 Å². The van der Waals surface area contributed by atoms with E-state index in [9.17, 15) is 14.4 Å². The van der Waals surface area contributed by atoms with Gasteiger partial charge in [-0.3, -0.25) is 19.3 Å². The van der Waals surface area contributed by atoms with Crippen LogP contribution in [-0.2, 0) is 9.59 Å². The predicted molar refractivity (Wildman–Crippen MR) is 96.9 cm³/mol. The highest BCUT2D eigenvalue weighted by atomic mass is 16.2. The monoisotopic (exact) mass is 336 g/mol. The number of carbonyl (C=O) groups excluding carboxylic acids is 3. The Kier molecular flexibility index (Phi) is 4.40. The molecule has 1 aliphatic heterocycles. The summed E-state index contributed by atoms with van der Waals surface area (Å²) in [6.07, 6.45) is 0.407. The normalized spacial score (nSPS) is 14.4. The second-order valence-corrected chi connectivity index (χ2v) is 6.20. The van der Waals surface area contributed by atoms with E-state index < -0.39 is 17.7 Å². The molecule has 0 bridgehead atoms. The molecule has 2 aromatic carbocycles. The van der Waals surface area contributed by atoms with Gasteiger partial charge in [-0.1, -0.05) is 37.3 Å². The zero-order valence-electron chi connectivity index (χ0n) is 14.5. The standard InChI is InChI=1S/C20H20N2O3/c1-4-15(19(24)21-17-12(2)8-7-9-13(17)3)22-16-11-6-5-10-14(16)18(23)20(22)25/h5-11,15H,4H2,1-3H3,(H,21,24). The van der Waals surface area contributed by atoms with Gasteiger partial charge >= 0.3 is 0 Å². The van der Waals surface area contributed by atoms with Gasteiger partial charge < -0.3 is 5.32 Å². The Labute approximate surface area is 146 Å². The fraction of sp³-hybridized carbons (Fsp3) is 0.250. The quantitative estimate of drug-likeness (QED) is 0.872. The van der Waals surface area contributed by atoms with Crippen molar-refractivity contribution in [1.29, 1.82) is 0 Å². The first kappa shape index (κ1) is 16.9. The lowest BCUT2D eigenvalue weighted by atomic mass is 10.1. The van der Waals surface area contributed by atoms with Crippen molar-refractivity contribution in [2.75, 3.05) is 10.2 Å². The third-order valence-electron chi connectivity index (χ3n) is 4.55. The van der Waals surface area contributed by atoms with Crippen molar-refractivity contribution in [1.82, 2.24) is 0 Å². The summed E-state index contributed by atoms with van der Waals surface area (Å²) in [6.45, 7) is 5.67. The predicted octanol–water partition coefficient (Wildman–Crippen LogP) is 3.25. The molecule has 128 valence electrons. The molecule has 0 aliphatic carbocycles. The summed E-state index contributed by atoms with van der Waals surface area (Å²) < 4.78 is 0. The van der Waals surface area contributed by atoms with Crippen molar-refractivity contribution < 1.29 is 14.4 Å². The van der Waals surface area contributed by atoms with Crippen LogP contribution in [0.15, 0.2) is 42.5 Å². The highest BCUT2D eigenvalue weighted by Crippen LogP contribution is 2.32. The van der Waals surface area contributed by atoms with Gasteiger partial charge in [0, 0.05) is 5.69 Å². The lowest BCUT2D eigenvalue weighted by Crippen LogP contribution is -2.46. The molecule has 1 atom stereocenters. The summed E-state index contributed by atoms with van der Waals surface area (Å²) in [5.41, 5.74) is 3.50. The molecule has 0 radical (unpaired) electrons. The molecule has 0 fully saturated rings. The largest absolute Gasteiger partial charge is 0.324 e. The van der Waals surface area contributed by atoms with E-state index in [1.807, 2.05) is 39.0 Å². The van der Waals surface area contributed by atoms with E-state index in [1.54, 1.807) is 24.3 Å². The SMILES string of the molecule is CCC(C(=O)Nc1c(C)cccc1C)N1C(=O)C(=O)c2ccccc21. The summed E-state index contributed by atoms with van der Waals surface area (Å²) >= 11 is 0. The molecule has 5 nitrogen and oxygen atoms in total.